The molecule has 0 aliphatic carbocycles. The van der Waals surface area contributed by atoms with Crippen molar-refractivity contribution in [3.8, 4) is 17.2 Å². The van der Waals surface area contributed by atoms with Crippen LogP contribution in [0.1, 0.15) is 24.5 Å². The van der Waals surface area contributed by atoms with Gasteiger partial charge in [0, 0.05) is 30.4 Å². The van der Waals surface area contributed by atoms with Gasteiger partial charge in [0.05, 0.1) is 12.0 Å². The van der Waals surface area contributed by atoms with Gasteiger partial charge in [0.1, 0.15) is 0 Å². The van der Waals surface area contributed by atoms with Crippen molar-refractivity contribution >= 4 is 0 Å². The summed E-state index contributed by atoms with van der Waals surface area (Å²) in [7, 11) is 0. The second-order valence-corrected chi connectivity index (χ2v) is 5.27. The van der Waals surface area contributed by atoms with Crippen LogP contribution < -0.4 is 14.8 Å². The number of aromatic nitrogens is 2. The zero-order chi connectivity index (χ0) is 13.4. The number of rotatable bonds is 2. The molecule has 1 saturated heterocycles. The predicted molar refractivity (Wildman–Crippen MR) is 74.5 cm³/mol. The third-order valence-corrected chi connectivity index (χ3v) is 4.02. The Bertz CT molecular complexity index is 617. The molecule has 1 N–H and O–H groups in total. The fourth-order valence-corrected chi connectivity index (χ4v) is 2.96. The summed E-state index contributed by atoms with van der Waals surface area (Å²) in [6.45, 7) is 2.45. The van der Waals surface area contributed by atoms with Crippen molar-refractivity contribution in [3.05, 3.63) is 36.4 Å². The van der Waals surface area contributed by atoms with Crippen LogP contribution in [0.3, 0.4) is 0 Å². The zero-order valence-electron chi connectivity index (χ0n) is 11.2. The van der Waals surface area contributed by atoms with E-state index in [2.05, 4.69) is 20.9 Å². The summed E-state index contributed by atoms with van der Waals surface area (Å²) in [4.78, 5) is 4.33. The number of fused-ring (bicyclic) bond motifs is 1. The van der Waals surface area contributed by atoms with Gasteiger partial charge in [0.2, 0.25) is 6.79 Å². The molecular weight excluding hydrogens is 254 g/mol. The second-order valence-electron chi connectivity index (χ2n) is 5.27. The summed E-state index contributed by atoms with van der Waals surface area (Å²) >= 11 is 0. The largest absolute Gasteiger partial charge is 0.454 e. The molecule has 2 aliphatic rings. The van der Waals surface area contributed by atoms with Crippen molar-refractivity contribution in [1.29, 1.82) is 0 Å². The lowest BCUT2D eigenvalue weighted by Gasteiger charge is -2.23. The second kappa shape index (κ2) is 4.83. The van der Waals surface area contributed by atoms with Gasteiger partial charge in [-0.3, -0.25) is 0 Å². The summed E-state index contributed by atoms with van der Waals surface area (Å²) in [5.41, 5.74) is 2.34. The number of hydrogen-bond donors (Lipinski definition) is 1. The fraction of sp³-hybridized carbons (Fsp3) is 0.400. The third kappa shape index (κ3) is 1.94. The van der Waals surface area contributed by atoms with Gasteiger partial charge < -0.3 is 19.4 Å². The molecule has 4 rings (SSSR count). The van der Waals surface area contributed by atoms with E-state index in [9.17, 15) is 0 Å². The summed E-state index contributed by atoms with van der Waals surface area (Å²) in [5, 5.41) is 3.46. The first-order valence-corrected chi connectivity index (χ1v) is 7.05. The molecule has 0 amide bonds. The van der Waals surface area contributed by atoms with Gasteiger partial charge in [-0.15, -0.1) is 0 Å². The lowest BCUT2D eigenvalue weighted by Crippen LogP contribution is -2.29. The lowest BCUT2D eigenvalue weighted by atomic mass is 9.96. The SMILES string of the molecule is c1cc2c(cc1-n1cncc1C1CCCNC1)OCO2. The Balaban J connectivity index is 1.70. The van der Waals surface area contributed by atoms with Crippen molar-refractivity contribution in [2.75, 3.05) is 19.9 Å². The molecule has 3 heterocycles. The minimum atomic E-state index is 0.308. The Morgan fingerprint density at radius 1 is 1.25 bits per heavy atom. The van der Waals surface area contributed by atoms with E-state index >= 15 is 0 Å². The van der Waals surface area contributed by atoms with Gasteiger partial charge >= 0.3 is 0 Å². The highest BCUT2D eigenvalue weighted by atomic mass is 16.7. The predicted octanol–water partition coefficient (Wildman–Crippen LogP) is 2.07. The average Bonchev–Trinajstić information content (AvgIpc) is 3.16. The summed E-state index contributed by atoms with van der Waals surface area (Å²) in [6, 6.07) is 6.03. The number of nitrogens with zero attached hydrogens (tertiary/aromatic N) is 2. The van der Waals surface area contributed by atoms with E-state index in [1.807, 2.05) is 24.7 Å². The minimum Gasteiger partial charge on any atom is -0.454 e. The number of ether oxygens (including phenoxy) is 2. The topological polar surface area (TPSA) is 48.3 Å². The Morgan fingerprint density at radius 2 is 2.20 bits per heavy atom. The molecule has 0 saturated carbocycles. The molecule has 2 aromatic rings. The van der Waals surface area contributed by atoms with Gasteiger partial charge in [-0.1, -0.05) is 0 Å². The van der Waals surface area contributed by atoms with Crippen LogP contribution >= 0.6 is 0 Å². The van der Waals surface area contributed by atoms with Gasteiger partial charge in [-0.05, 0) is 31.5 Å². The van der Waals surface area contributed by atoms with Crippen molar-refractivity contribution in [3.63, 3.8) is 0 Å². The molecular formula is C15H17N3O2. The molecule has 20 heavy (non-hydrogen) atoms. The Labute approximate surface area is 117 Å². The van der Waals surface area contributed by atoms with Gasteiger partial charge in [0.25, 0.3) is 0 Å². The maximum atomic E-state index is 5.45. The van der Waals surface area contributed by atoms with Crippen LogP contribution in [0.5, 0.6) is 11.5 Å². The molecule has 0 spiro atoms. The van der Waals surface area contributed by atoms with Crippen LogP contribution in [0.15, 0.2) is 30.7 Å². The molecule has 1 fully saturated rings. The molecule has 1 aromatic heterocycles. The van der Waals surface area contributed by atoms with E-state index in [4.69, 9.17) is 9.47 Å². The molecule has 5 nitrogen and oxygen atoms in total. The molecule has 104 valence electrons. The zero-order valence-corrected chi connectivity index (χ0v) is 11.2. The summed E-state index contributed by atoms with van der Waals surface area (Å²) in [5.74, 6) is 2.15. The highest BCUT2D eigenvalue weighted by molar-refractivity contribution is 5.50. The summed E-state index contributed by atoms with van der Waals surface area (Å²) < 4.78 is 13.0. The highest BCUT2D eigenvalue weighted by Gasteiger charge is 2.20. The Morgan fingerprint density at radius 3 is 3.10 bits per heavy atom. The van der Waals surface area contributed by atoms with Crippen molar-refractivity contribution in [1.82, 2.24) is 14.9 Å². The molecule has 1 unspecified atom stereocenters. The van der Waals surface area contributed by atoms with E-state index in [1.54, 1.807) is 0 Å². The van der Waals surface area contributed by atoms with Crippen LogP contribution in [0.2, 0.25) is 0 Å². The highest BCUT2D eigenvalue weighted by Crippen LogP contribution is 2.34. The first-order chi connectivity index (χ1) is 9.92. The van der Waals surface area contributed by atoms with Crippen molar-refractivity contribution in [2.45, 2.75) is 18.8 Å². The Hall–Kier alpha value is -2.01. The van der Waals surface area contributed by atoms with E-state index in [0.717, 1.165) is 30.3 Å². The van der Waals surface area contributed by atoms with E-state index in [0.29, 0.717) is 12.7 Å². The van der Waals surface area contributed by atoms with Crippen LogP contribution in [0.25, 0.3) is 5.69 Å². The van der Waals surface area contributed by atoms with E-state index < -0.39 is 0 Å². The smallest absolute Gasteiger partial charge is 0.231 e. The molecule has 2 aliphatic heterocycles. The van der Waals surface area contributed by atoms with Crippen molar-refractivity contribution in [2.24, 2.45) is 0 Å². The van der Waals surface area contributed by atoms with Gasteiger partial charge in [0.15, 0.2) is 11.5 Å². The normalized spacial score (nSPS) is 21.1. The maximum Gasteiger partial charge on any atom is 0.231 e. The number of piperidine rings is 1. The molecule has 1 atom stereocenters. The molecule has 0 radical (unpaired) electrons. The number of hydrogen-bond acceptors (Lipinski definition) is 4. The fourth-order valence-electron chi connectivity index (χ4n) is 2.96. The Kier molecular flexibility index (Phi) is 2.85. The van der Waals surface area contributed by atoms with Crippen molar-refractivity contribution < 1.29 is 9.47 Å². The van der Waals surface area contributed by atoms with Crippen LogP contribution in [0, 0.1) is 0 Å². The minimum absolute atomic E-state index is 0.308. The standard InChI is InChI=1S/C15H17N3O2/c1-2-11(7-16-5-1)13-8-17-9-18(13)12-3-4-14-15(6-12)20-10-19-14/h3-4,6,8-9,11,16H,1-2,5,7,10H2. The lowest BCUT2D eigenvalue weighted by molar-refractivity contribution is 0.174. The average molecular weight is 271 g/mol. The third-order valence-electron chi connectivity index (χ3n) is 4.02. The molecule has 1 aromatic carbocycles. The quantitative estimate of drug-likeness (QED) is 0.908. The van der Waals surface area contributed by atoms with E-state index in [1.165, 1.54) is 18.5 Å². The number of nitrogens with one attached hydrogen (secondary N) is 1. The molecule has 0 bridgehead atoms. The van der Waals surface area contributed by atoms with Gasteiger partial charge in [-0.2, -0.15) is 0 Å². The summed E-state index contributed by atoms with van der Waals surface area (Å²) in [6.07, 6.45) is 6.28. The monoisotopic (exact) mass is 271 g/mol. The van der Waals surface area contributed by atoms with Crippen LogP contribution in [-0.2, 0) is 0 Å². The first kappa shape index (κ1) is 11.8. The van der Waals surface area contributed by atoms with Crippen LogP contribution in [0.4, 0.5) is 0 Å². The first-order valence-electron chi connectivity index (χ1n) is 7.05. The molecule has 5 heteroatoms. The number of imidazole rings is 1. The van der Waals surface area contributed by atoms with E-state index in [-0.39, 0.29) is 0 Å². The van der Waals surface area contributed by atoms with Crippen LogP contribution in [-0.4, -0.2) is 29.4 Å². The maximum absolute atomic E-state index is 5.45. The number of benzene rings is 1. The van der Waals surface area contributed by atoms with Gasteiger partial charge in [-0.25, -0.2) is 4.98 Å².